The Morgan fingerprint density at radius 2 is 2.38 bits per heavy atom. The van der Waals surface area contributed by atoms with Crippen molar-refractivity contribution < 1.29 is 4.74 Å². The molecule has 16 heavy (non-hydrogen) atoms. The summed E-state index contributed by atoms with van der Waals surface area (Å²) in [5, 5.41) is 0. The molecule has 5 nitrogen and oxygen atoms in total. The van der Waals surface area contributed by atoms with Crippen molar-refractivity contribution in [3.8, 4) is 5.75 Å². The van der Waals surface area contributed by atoms with E-state index in [9.17, 15) is 4.79 Å². The van der Waals surface area contributed by atoms with Gasteiger partial charge in [0.2, 0.25) is 0 Å². The molecule has 0 saturated heterocycles. The third-order valence-electron chi connectivity index (χ3n) is 2.78. The predicted octanol–water partition coefficient (Wildman–Crippen LogP) is 0.116. The molecule has 0 amide bonds. The fourth-order valence-electron chi connectivity index (χ4n) is 2.01. The Labute approximate surface area is 91.5 Å². The monoisotopic (exact) mass is 217 g/mol. The van der Waals surface area contributed by atoms with Crippen molar-refractivity contribution in [3.05, 3.63) is 34.7 Å². The highest BCUT2D eigenvalue weighted by Crippen LogP contribution is 2.27. The second-order valence-electron chi connectivity index (χ2n) is 3.80. The van der Waals surface area contributed by atoms with Gasteiger partial charge in [-0.1, -0.05) is 0 Å². The molecule has 0 bridgehead atoms. The van der Waals surface area contributed by atoms with Crippen LogP contribution in [0.5, 0.6) is 5.75 Å². The molecule has 2 aromatic rings. The lowest BCUT2D eigenvalue weighted by molar-refractivity contribution is 0.176. The Morgan fingerprint density at radius 1 is 1.50 bits per heavy atom. The molecule has 0 unspecified atom stereocenters. The summed E-state index contributed by atoms with van der Waals surface area (Å²) < 4.78 is 7.36. The van der Waals surface area contributed by atoms with Crippen molar-refractivity contribution in [1.29, 1.82) is 0 Å². The van der Waals surface area contributed by atoms with Crippen molar-refractivity contribution in [1.82, 2.24) is 9.55 Å². The first kappa shape index (κ1) is 9.35. The normalized spacial score (nSPS) is 18.4. The van der Waals surface area contributed by atoms with Gasteiger partial charge in [0.1, 0.15) is 17.4 Å². The summed E-state index contributed by atoms with van der Waals surface area (Å²) in [5.74, 6) is 0.685. The second-order valence-corrected chi connectivity index (χ2v) is 3.80. The van der Waals surface area contributed by atoms with E-state index < -0.39 is 0 Å². The number of pyridine rings is 2. The number of nitrogens with zero attached hydrogens (tertiary/aromatic N) is 2. The van der Waals surface area contributed by atoms with Gasteiger partial charge < -0.3 is 10.5 Å². The van der Waals surface area contributed by atoms with Gasteiger partial charge in [-0.05, 0) is 6.07 Å². The zero-order valence-electron chi connectivity index (χ0n) is 8.59. The molecule has 2 N–H and O–H groups in total. The average Bonchev–Trinajstić information content (AvgIpc) is 2.33. The quantitative estimate of drug-likeness (QED) is 0.736. The molecule has 0 fully saturated rings. The Kier molecular flexibility index (Phi) is 1.94. The molecular weight excluding hydrogens is 206 g/mol. The van der Waals surface area contributed by atoms with E-state index in [0.717, 1.165) is 11.0 Å². The van der Waals surface area contributed by atoms with Crippen LogP contribution in [-0.2, 0) is 6.54 Å². The lowest BCUT2D eigenvalue weighted by Gasteiger charge is -2.26. The van der Waals surface area contributed by atoms with Gasteiger partial charge in [-0.15, -0.1) is 0 Å². The summed E-state index contributed by atoms with van der Waals surface area (Å²) in [6.45, 7) is 0.885. The predicted molar refractivity (Wildman–Crippen MR) is 59.5 cm³/mol. The van der Waals surface area contributed by atoms with Gasteiger partial charge in [-0.3, -0.25) is 14.3 Å². The third-order valence-corrected chi connectivity index (χ3v) is 2.78. The number of hydrogen-bond donors (Lipinski definition) is 1. The topological polar surface area (TPSA) is 70.1 Å². The minimum atomic E-state index is -0.141. The fourth-order valence-corrected chi connectivity index (χ4v) is 2.01. The molecule has 0 saturated carbocycles. The van der Waals surface area contributed by atoms with Crippen LogP contribution in [0.1, 0.15) is 0 Å². The van der Waals surface area contributed by atoms with Crippen LogP contribution in [0.25, 0.3) is 11.0 Å². The van der Waals surface area contributed by atoms with Crippen molar-refractivity contribution in [2.75, 3.05) is 6.54 Å². The number of rotatable bonds is 1. The molecule has 0 radical (unpaired) electrons. The third kappa shape index (κ3) is 1.22. The molecule has 0 aromatic carbocycles. The summed E-state index contributed by atoms with van der Waals surface area (Å²) in [4.78, 5) is 16.0. The van der Waals surface area contributed by atoms with Crippen molar-refractivity contribution in [2.24, 2.45) is 5.73 Å². The molecule has 2 aromatic heterocycles. The standard InChI is InChI=1S/C11H11N3O2/c12-5-7-6-14-10(15)2-1-8-11(14)9(16-7)3-4-13-8/h1-4,7H,5-6,12H2/t7-/m0/s1. The van der Waals surface area contributed by atoms with Crippen molar-refractivity contribution in [3.63, 3.8) is 0 Å². The van der Waals surface area contributed by atoms with Crippen molar-refractivity contribution in [2.45, 2.75) is 12.6 Å². The number of nitrogens with two attached hydrogens (primary N) is 1. The van der Waals surface area contributed by atoms with Crippen LogP contribution < -0.4 is 16.0 Å². The molecule has 3 heterocycles. The van der Waals surface area contributed by atoms with E-state index >= 15 is 0 Å². The molecule has 5 heteroatoms. The Morgan fingerprint density at radius 3 is 3.19 bits per heavy atom. The van der Waals surface area contributed by atoms with Gasteiger partial charge in [0.05, 0.1) is 12.1 Å². The zero-order chi connectivity index (χ0) is 11.1. The van der Waals surface area contributed by atoms with Gasteiger partial charge in [0.25, 0.3) is 5.56 Å². The summed E-state index contributed by atoms with van der Waals surface area (Å²) in [6.07, 6.45) is 1.53. The van der Waals surface area contributed by atoms with E-state index in [4.69, 9.17) is 10.5 Å². The Bertz CT molecular complexity index is 606. The van der Waals surface area contributed by atoms with E-state index in [0.29, 0.717) is 18.8 Å². The molecule has 3 rings (SSSR count). The van der Waals surface area contributed by atoms with Gasteiger partial charge in [-0.25, -0.2) is 0 Å². The van der Waals surface area contributed by atoms with Crippen LogP contribution in [0, 0.1) is 0 Å². The van der Waals surface area contributed by atoms with Gasteiger partial charge in [0, 0.05) is 24.9 Å². The van der Waals surface area contributed by atoms with Crippen LogP contribution in [0.3, 0.4) is 0 Å². The van der Waals surface area contributed by atoms with Crippen LogP contribution >= 0.6 is 0 Å². The van der Waals surface area contributed by atoms with Crippen LogP contribution in [0.4, 0.5) is 0 Å². The van der Waals surface area contributed by atoms with E-state index in [1.807, 2.05) is 0 Å². The summed E-state index contributed by atoms with van der Waals surface area (Å²) in [5.41, 5.74) is 7.08. The van der Waals surface area contributed by atoms with Crippen molar-refractivity contribution >= 4 is 11.0 Å². The molecule has 0 aliphatic carbocycles. The maximum absolute atomic E-state index is 11.8. The average molecular weight is 217 g/mol. The smallest absolute Gasteiger partial charge is 0.251 e. The second kappa shape index (κ2) is 3.31. The summed E-state index contributed by atoms with van der Waals surface area (Å²) >= 11 is 0. The summed E-state index contributed by atoms with van der Waals surface area (Å²) in [6, 6.07) is 5.00. The lowest BCUT2D eigenvalue weighted by atomic mass is 10.2. The van der Waals surface area contributed by atoms with Gasteiger partial charge in [0.15, 0.2) is 0 Å². The lowest BCUT2D eigenvalue weighted by Crippen LogP contribution is -2.38. The minimum Gasteiger partial charge on any atom is -0.485 e. The highest BCUT2D eigenvalue weighted by Gasteiger charge is 2.21. The maximum Gasteiger partial charge on any atom is 0.251 e. The molecule has 1 aliphatic rings. The van der Waals surface area contributed by atoms with E-state index in [1.165, 1.54) is 6.07 Å². The summed E-state index contributed by atoms with van der Waals surface area (Å²) in [7, 11) is 0. The molecule has 1 aliphatic heterocycles. The number of hydrogen-bond acceptors (Lipinski definition) is 4. The van der Waals surface area contributed by atoms with Crippen LogP contribution in [0.2, 0.25) is 0 Å². The molecular formula is C11H11N3O2. The van der Waals surface area contributed by atoms with E-state index in [-0.39, 0.29) is 11.7 Å². The molecule has 82 valence electrons. The van der Waals surface area contributed by atoms with E-state index in [1.54, 1.807) is 22.9 Å². The highest BCUT2D eigenvalue weighted by molar-refractivity contribution is 5.81. The molecule has 0 spiro atoms. The SMILES string of the molecule is NC[C@H]1Cn2c(=O)ccc3nccc(c32)O1. The first-order valence-electron chi connectivity index (χ1n) is 5.15. The maximum atomic E-state index is 11.8. The Balaban J connectivity index is 2.36. The van der Waals surface area contributed by atoms with Crippen LogP contribution in [-0.4, -0.2) is 22.2 Å². The van der Waals surface area contributed by atoms with E-state index in [2.05, 4.69) is 4.98 Å². The van der Waals surface area contributed by atoms with Gasteiger partial charge >= 0.3 is 0 Å². The highest BCUT2D eigenvalue weighted by atomic mass is 16.5. The largest absolute Gasteiger partial charge is 0.485 e. The first-order valence-corrected chi connectivity index (χ1v) is 5.15. The number of ether oxygens (including phenoxy) is 1. The van der Waals surface area contributed by atoms with Gasteiger partial charge in [-0.2, -0.15) is 0 Å². The molecule has 1 atom stereocenters. The van der Waals surface area contributed by atoms with Crippen LogP contribution in [0.15, 0.2) is 29.2 Å². The Hall–Kier alpha value is -1.88. The first-order chi connectivity index (χ1) is 7.79. The fraction of sp³-hybridized carbons (Fsp3) is 0.273. The zero-order valence-corrected chi connectivity index (χ0v) is 8.59. The number of aromatic nitrogens is 2. The minimum absolute atomic E-state index is 0.0384.